The van der Waals surface area contributed by atoms with E-state index < -0.39 is 18.2 Å². The number of anilines is 1. The maximum absolute atomic E-state index is 14.2. The minimum absolute atomic E-state index is 0.0257. The van der Waals surface area contributed by atoms with Crippen molar-refractivity contribution < 1.29 is 22.8 Å². The molecule has 2 N–H and O–H groups in total. The minimum Gasteiger partial charge on any atom is -0.374 e. The van der Waals surface area contributed by atoms with E-state index in [1.807, 2.05) is 0 Å². The van der Waals surface area contributed by atoms with Crippen LogP contribution in [0.2, 0.25) is 20.1 Å². The van der Waals surface area contributed by atoms with Crippen molar-refractivity contribution >= 4 is 63.7 Å². The first-order chi connectivity index (χ1) is 15.0. The maximum Gasteiger partial charge on any atom is 0.435 e. The van der Waals surface area contributed by atoms with E-state index in [4.69, 9.17) is 51.2 Å². The highest BCUT2D eigenvalue weighted by molar-refractivity contribution is 6.48. The van der Waals surface area contributed by atoms with Gasteiger partial charge >= 0.3 is 6.18 Å². The van der Waals surface area contributed by atoms with Crippen LogP contribution in [0, 0.1) is 5.92 Å². The number of oxime groups is 1. The van der Waals surface area contributed by atoms with Crippen molar-refractivity contribution in [2.75, 3.05) is 5.43 Å². The average molecular weight is 527 g/mol. The Morgan fingerprint density at radius 2 is 1.72 bits per heavy atom. The first kappa shape index (κ1) is 23.3. The van der Waals surface area contributed by atoms with E-state index in [2.05, 4.69) is 16.0 Å². The largest absolute Gasteiger partial charge is 0.435 e. The van der Waals surface area contributed by atoms with Crippen LogP contribution in [0.1, 0.15) is 30.4 Å². The van der Waals surface area contributed by atoms with Crippen LogP contribution in [0.25, 0.3) is 0 Å². The summed E-state index contributed by atoms with van der Waals surface area (Å²) in [7, 11) is 0. The molecule has 2 aromatic carbocycles. The standard InChI is InChI=1S/C20H14Cl4F3N3O2/c21-12-4-3-10(5-15(12)28-29-18(31)9-1-2-9)16-8-19(32-30-16,20(25,26)27)11-6-13(22)17(24)14(23)7-11/h3-7,9,28H,1-2,8H2,(H,29,31)/t19-/m0/s1. The van der Waals surface area contributed by atoms with Gasteiger partial charge in [0.15, 0.2) is 0 Å². The van der Waals surface area contributed by atoms with Gasteiger partial charge in [-0.05, 0) is 37.1 Å². The summed E-state index contributed by atoms with van der Waals surface area (Å²) >= 11 is 23.9. The number of benzene rings is 2. The summed E-state index contributed by atoms with van der Waals surface area (Å²) in [5.74, 6) is -0.219. The summed E-state index contributed by atoms with van der Waals surface area (Å²) in [6.45, 7) is 0. The Bertz CT molecular complexity index is 1100. The molecule has 1 aliphatic carbocycles. The Hall–Kier alpha value is -1.87. The minimum atomic E-state index is -4.84. The third-order valence-electron chi connectivity index (χ3n) is 5.20. The van der Waals surface area contributed by atoms with Crippen molar-refractivity contribution in [3.63, 3.8) is 0 Å². The van der Waals surface area contributed by atoms with Gasteiger partial charge in [-0.1, -0.05) is 57.6 Å². The zero-order valence-electron chi connectivity index (χ0n) is 16.0. The second-order valence-corrected chi connectivity index (χ2v) is 9.07. The highest BCUT2D eigenvalue weighted by Crippen LogP contribution is 2.50. The smallest absolute Gasteiger partial charge is 0.374 e. The lowest BCUT2D eigenvalue weighted by Crippen LogP contribution is -2.42. The molecule has 1 heterocycles. The highest BCUT2D eigenvalue weighted by Gasteiger charge is 2.62. The molecule has 0 bridgehead atoms. The number of hydrogen-bond acceptors (Lipinski definition) is 4. The molecule has 4 rings (SSSR count). The number of halogens is 7. The third kappa shape index (κ3) is 4.33. The van der Waals surface area contributed by atoms with Gasteiger partial charge in [0.25, 0.3) is 5.60 Å². The predicted molar refractivity (Wildman–Crippen MR) is 117 cm³/mol. The average Bonchev–Trinajstić information content (AvgIpc) is 3.48. The number of hydrogen-bond donors (Lipinski definition) is 2. The second kappa shape index (κ2) is 8.48. The van der Waals surface area contributed by atoms with E-state index >= 15 is 0 Å². The molecular weight excluding hydrogens is 513 g/mol. The van der Waals surface area contributed by atoms with Crippen LogP contribution in [0.5, 0.6) is 0 Å². The number of carbonyl (C=O) groups excluding carboxylic acids is 1. The molecule has 32 heavy (non-hydrogen) atoms. The zero-order valence-corrected chi connectivity index (χ0v) is 19.0. The number of alkyl halides is 3. The van der Waals surface area contributed by atoms with Crippen LogP contribution in [0.15, 0.2) is 35.5 Å². The van der Waals surface area contributed by atoms with Gasteiger partial charge in [-0.25, -0.2) is 0 Å². The fraction of sp³-hybridized carbons (Fsp3) is 0.300. The zero-order chi connectivity index (χ0) is 23.3. The van der Waals surface area contributed by atoms with Gasteiger partial charge in [0.05, 0.1) is 31.5 Å². The fourth-order valence-corrected chi connectivity index (χ4v) is 3.99. The quantitative estimate of drug-likeness (QED) is 0.335. The Kier molecular flexibility index (Phi) is 6.17. The number of nitrogens with zero attached hydrogens (tertiary/aromatic N) is 1. The lowest BCUT2D eigenvalue weighted by atomic mass is 9.86. The van der Waals surface area contributed by atoms with Gasteiger partial charge < -0.3 is 4.84 Å². The normalized spacial score (nSPS) is 20.5. The van der Waals surface area contributed by atoms with E-state index in [9.17, 15) is 18.0 Å². The molecule has 2 aromatic rings. The van der Waals surface area contributed by atoms with E-state index in [1.165, 1.54) is 18.2 Å². The fourth-order valence-electron chi connectivity index (χ4n) is 3.22. The van der Waals surface area contributed by atoms with Gasteiger partial charge in [-0.3, -0.25) is 15.6 Å². The molecule has 0 saturated heterocycles. The molecule has 0 radical (unpaired) electrons. The van der Waals surface area contributed by atoms with Gasteiger partial charge in [0, 0.05) is 23.5 Å². The van der Waals surface area contributed by atoms with Crippen molar-refractivity contribution in [2.24, 2.45) is 11.1 Å². The number of hydrazine groups is 1. The summed E-state index contributed by atoms with van der Waals surface area (Å²) in [6.07, 6.45) is -3.86. The Morgan fingerprint density at radius 3 is 2.31 bits per heavy atom. The third-order valence-corrected chi connectivity index (χ3v) is 6.73. The molecule has 12 heteroatoms. The summed E-state index contributed by atoms with van der Waals surface area (Å²) < 4.78 is 42.6. The molecule has 1 aliphatic heterocycles. The van der Waals surface area contributed by atoms with Crippen LogP contribution in [0.3, 0.4) is 0 Å². The maximum atomic E-state index is 14.2. The molecule has 5 nitrogen and oxygen atoms in total. The summed E-state index contributed by atoms with van der Waals surface area (Å²) in [5.41, 5.74) is 2.78. The van der Waals surface area contributed by atoms with E-state index in [-0.39, 0.29) is 43.2 Å². The molecule has 1 saturated carbocycles. The van der Waals surface area contributed by atoms with Gasteiger partial charge in [-0.2, -0.15) is 13.2 Å². The summed E-state index contributed by atoms with van der Waals surface area (Å²) in [6, 6.07) is 6.58. The lowest BCUT2D eigenvalue weighted by molar-refractivity contribution is -0.275. The van der Waals surface area contributed by atoms with Crippen molar-refractivity contribution in [3.05, 3.63) is 61.5 Å². The Balaban J connectivity index is 1.62. The van der Waals surface area contributed by atoms with Crippen molar-refractivity contribution in [3.8, 4) is 0 Å². The lowest BCUT2D eigenvalue weighted by Gasteiger charge is -2.30. The molecule has 0 aromatic heterocycles. The Morgan fingerprint density at radius 1 is 1.06 bits per heavy atom. The van der Waals surface area contributed by atoms with Gasteiger partial charge in [-0.15, -0.1) is 0 Å². The van der Waals surface area contributed by atoms with Crippen LogP contribution < -0.4 is 10.9 Å². The molecule has 1 amide bonds. The van der Waals surface area contributed by atoms with Crippen LogP contribution in [0.4, 0.5) is 18.9 Å². The first-order valence-electron chi connectivity index (χ1n) is 9.34. The van der Waals surface area contributed by atoms with E-state index in [0.717, 1.165) is 25.0 Å². The van der Waals surface area contributed by atoms with Crippen molar-refractivity contribution in [2.45, 2.75) is 31.0 Å². The summed E-state index contributed by atoms with van der Waals surface area (Å²) in [5, 5.41) is 3.63. The molecule has 1 atom stereocenters. The number of rotatable bonds is 5. The molecule has 1 fully saturated rings. The predicted octanol–water partition coefficient (Wildman–Crippen LogP) is 6.74. The van der Waals surface area contributed by atoms with Crippen molar-refractivity contribution in [1.29, 1.82) is 0 Å². The highest BCUT2D eigenvalue weighted by atomic mass is 35.5. The molecule has 2 aliphatic rings. The molecule has 0 spiro atoms. The molecule has 0 unspecified atom stereocenters. The number of carbonyl (C=O) groups is 1. The van der Waals surface area contributed by atoms with Gasteiger partial charge in [0.2, 0.25) is 5.91 Å². The summed E-state index contributed by atoms with van der Waals surface area (Å²) in [4.78, 5) is 16.8. The van der Waals surface area contributed by atoms with E-state index in [0.29, 0.717) is 11.3 Å². The van der Waals surface area contributed by atoms with Crippen LogP contribution in [-0.2, 0) is 15.2 Å². The number of nitrogens with one attached hydrogen (secondary N) is 2. The SMILES string of the molecule is O=C(NNc1cc(C2=NO[C@@](c3cc(Cl)c(Cl)c(Cl)c3)(C(F)(F)F)C2)ccc1Cl)C1CC1. The van der Waals surface area contributed by atoms with Crippen LogP contribution >= 0.6 is 46.4 Å². The monoisotopic (exact) mass is 525 g/mol. The Labute approximate surface area is 200 Å². The molecular formula is C20H14Cl4F3N3O2. The topological polar surface area (TPSA) is 62.7 Å². The number of amides is 1. The van der Waals surface area contributed by atoms with Crippen molar-refractivity contribution in [1.82, 2.24) is 5.43 Å². The van der Waals surface area contributed by atoms with Gasteiger partial charge in [0.1, 0.15) is 0 Å². The second-order valence-electron chi connectivity index (χ2n) is 7.47. The van der Waals surface area contributed by atoms with Crippen LogP contribution in [-0.4, -0.2) is 17.8 Å². The first-order valence-corrected chi connectivity index (χ1v) is 10.9. The van der Waals surface area contributed by atoms with E-state index in [1.54, 1.807) is 0 Å². The molecule has 170 valence electrons.